The van der Waals surface area contributed by atoms with Crippen LogP contribution in [0, 0.1) is 0 Å². The highest BCUT2D eigenvalue weighted by Gasteiger charge is 2.43. The van der Waals surface area contributed by atoms with E-state index in [4.69, 9.17) is 14.6 Å². The molecule has 0 atom stereocenters. The molecule has 2 rings (SSSR count). The Labute approximate surface area is 248 Å². The van der Waals surface area contributed by atoms with E-state index in [9.17, 15) is 15.0 Å². The van der Waals surface area contributed by atoms with E-state index in [1.807, 2.05) is 114 Å². The smallest absolute Gasteiger partial charge is 0.320 e. The van der Waals surface area contributed by atoms with Crippen LogP contribution in [-0.2, 0) is 41.3 Å². The van der Waals surface area contributed by atoms with E-state index < -0.39 is 33.0 Å². The minimum absolute atomic E-state index is 0.0289. The van der Waals surface area contributed by atoms with Gasteiger partial charge in [0.25, 0.3) is 0 Å². The summed E-state index contributed by atoms with van der Waals surface area (Å²) in [5.41, 5.74) is 1.53. The summed E-state index contributed by atoms with van der Waals surface area (Å²) in [4.78, 5) is 14.3. The Kier molecular flexibility index (Phi) is 10.1. The molecule has 0 saturated carbocycles. The van der Waals surface area contributed by atoms with E-state index in [0.717, 1.165) is 22.3 Å². The molecule has 0 unspecified atom stereocenters. The first-order valence-corrected chi connectivity index (χ1v) is 14.6. The molecule has 0 heterocycles. The van der Waals surface area contributed by atoms with Gasteiger partial charge in [-0.25, -0.2) is 0 Å². The van der Waals surface area contributed by atoms with Crippen molar-refractivity contribution in [1.82, 2.24) is 0 Å². The number of carbonyl (C=O) groups is 1. The van der Waals surface area contributed by atoms with Gasteiger partial charge in [0.1, 0.15) is 23.5 Å². The fourth-order valence-electron chi connectivity index (χ4n) is 5.04. The van der Waals surface area contributed by atoms with Crippen molar-refractivity contribution in [2.45, 2.75) is 117 Å². The van der Waals surface area contributed by atoms with Crippen LogP contribution in [0.2, 0.25) is 0 Å². The van der Waals surface area contributed by atoms with E-state index in [1.54, 1.807) is 0 Å². The molecule has 0 aliphatic heterocycles. The molecule has 2 aromatic carbocycles. The number of aliphatic hydroxyl groups is 1. The van der Waals surface area contributed by atoms with Crippen LogP contribution in [0.4, 0.5) is 0 Å². The lowest BCUT2D eigenvalue weighted by molar-refractivity contribution is -0.150. The summed E-state index contributed by atoms with van der Waals surface area (Å²) in [7, 11) is 0. The zero-order chi connectivity index (χ0) is 31.8. The first-order valence-electron chi connectivity index (χ1n) is 14.6. The third kappa shape index (κ3) is 7.64. The van der Waals surface area contributed by atoms with Crippen LogP contribution in [0.15, 0.2) is 24.3 Å². The van der Waals surface area contributed by atoms with Gasteiger partial charge in [-0.05, 0) is 62.0 Å². The van der Waals surface area contributed by atoms with Gasteiger partial charge in [0.15, 0.2) is 0 Å². The second-order valence-corrected chi connectivity index (χ2v) is 15.4. The molecule has 41 heavy (non-hydrogen) atoms. The Morgan fingerprint density at radius 2 is 0.902 bits per heavy atom. The fraction of sp³-hybridized carbons (Fsp3) is 0.629. The molecule has 0 aliphatic rings. The second kappa shape index (κ2) is 12.0. The normalized spacial score (nSPS) is 13.4. The largest absolute Gasteiger partial charge is 0.507 e. The van der Waals surface area contributed by atoms with Crippen LogP contribution in [0.3, 0.4) is 0 Å². The average molecular weight is 571 g/mol. The summed E-state index contributed by atoms with van der Waals surface area (Å²) < 4.78 is 11.2. The quantitative estimate of drug-likeness (QED) is 0.230. The van der Waals surface area contributed by atoms with Crippen molar-refractivity contribution in [1.29, 1.82) is 0 Å². The molecule has 0 radical (unpaired) electrons. The van der Waals surface area contributed by atoms with Crippen molar-refractivity contribution >= 4 is 5.97 Å². The van der Waals surface area contributed by atoms with Crippen molar-refractivity contribution in [2.75, 3.05) is 26.4 Å². The topological polar surface area (TPSA) is 96.2 Å². The highest BCUT2D eigenvalue weighted by atomic mass is 16.6. The van der Waals surface area contributed by atoms with Gasteiger partial charge in [-0.2, -0.15) is 0 Å². The van der Waals surface area contributed by atoms with Crippen molar-refractivity contribution in [3.63, 3.8) is 0 Å². The van der Waals surface area contributed by atoms with Gasteiger partial charge in [-0.1, -0.05) is 107 Å². The lowest BCUT2D eigenvalue weighted by Crippen LogP contribution is -2.38. The fourth-order valence-corrected chi connectivity index (χ4v) is 5.04. The minimum atomic E-state index is -1.28. The van der Waals surface area contributed by atoms with E-state index in [1.165, 1.54) is 0 Å². The standard InChI is InChI=1S/C35H54O6/c1-31(2,3)24-18-22(19-25(28(24)37)32(4,5)6)35(13,30(39)41-17-16-40-15-14-36)23-20-26(33(7,8)9)29(38)27(21-23)34(10,11)12/h18-21,36-38H,14-17H2,1-13H3. The zero-order valence-corrected chi connectivity index (χ0v) is 27.7. The van der Waals surface area contributed by atoms with Crippen LogP contribution in [0.5, 0.6) is 11.5 Å². The van der Waals surface area contributed by atoms with Gasteiger partial charge in [0.05, 0.1) is 19.8 Å². The molecule has 0 saturated heterocycles. The number of esters is 1. The van der Waals surface area contributed by atoms with Crippen LogP contribution >= 0.6 is 0 Å². The van der Waals surface area contributed by atoms with Crippen LogP contribution in [-0.4, -0.2) is 47.7 Å². The maximum atomic E-state index is 14.3. The first kappa shape index (κ1) is 34.6. The minimum Gasteiger partial charge on any atom is -0.507 e. The average Bonchev–Trinajstić information content (AvgIpc) is 2.80. The SMILES string of the molecule is CC(C)(C)c1cc(C(C)(C(=O)OCCOCCO)c2cc(C(C)(C)C)c(O)c(C(C)(C)C)c2)cc(C(C)(C)C)c1O. The Morgan fingerprint density at radius 1 is 0.585 bits per heavy atom. The summed E-state index contributed by atoms with van der Waals surface area (Å²) in [5, 5.41) is 31.9. The Hall–Kier alpha value is -2.57. The predicted octanol–water partition coefficient (Wildman–Crippen LogP) is 7.15. The number of phenols is 2. The molecule has 6 nitrogen and oxygen atoms in total. The van der Waals surface area contributed by atoms with Gasteiger partial charge >= 0.3 is 5.97 Å². The van der Waals surface area contributed by atoms with E-state index in [-0.39, 0.29) is 37.9 Å². The number of hydrogen-bond donors (Lipinski definition) is 3. The van der Waals surface area contributed by atoms with Crippen molar-refractivity contribution in [2.24, 2.45) is 0 Å². The third-order valence-corrected chi connectivity index (χ3v) is 7.71. The molecule has 0 aromatic heterocycles. The van der Waals surface area contributed by atoms with E-state index in [0.29, 0.717) is 11.1 Å². The molecule has 3 N–H and O–H groups in total. The highest BCUT2D eigenvalue weighted by Crippen LogP contribution is 2.47. The third-order valence-electron chi connectivity index (χ3n) is 7.71. The van der Waals surface area contributed by atoms with Crippen molar-refractivity contribution < 1.29 is 29.6 Å². The van der Waals surface area contributed by atoms with Gasteiger partial charge in [-0.3, -0.25) is 4.79 Å². The lowest BCUT2D eigenvalue weighted by Gasteiger charge is -2.36. The zero-order valence-electron chi connectivity index (χ0n) is 27.7. The molecular weight excluding hydrogens is 516 g/mol. The van der Waals surface area contributed by atoms with Crippen molar-refractivity contribution in [3.05, 3.63) is 57.6 Å². The molecule has 2 aromatic rings. The summed E-state index contributed by atoms with van der Waals surface area (Å²) in [6.45, 7) is 26.6. The number of aliphatic hydroxyl groups excluding tert-OH is 1. The number of aromatic hydroxyl groups is 2. The number of carbonyl (C=O) groups excluding carboxylic acids is 1. The first-order chi connectivity index (χ1) is 18.5. The predicted molar refractivity (Wildman–Crippen MR) is 166 cm³/mol. The number of benzene rings is 2. The molecule has 0 aliphatic carbocycles. The molecule has 0 spiro atoms. The van der Waals surface area contributed by atoms with Crippen LogP contribution in [0.25, 0.3) is 0 Å². The summed E-state index contributed by atoms with van der Waals surface area (Å²) in [6.07, 6.45) is 0. The van der Waals surface area contributed by atoms with Gasteiger partial charge in [-0.15, -0.1) is 0 Å². The van der Waals surface area contributed by atoms with Crippen LogP contribution in [0.1, 0.15) is 123 Å². The van der Waals surface area contributed by atoms with Gasteiger partial charge < -0.3 is 24.8 Å². The Morgan fingerprint density at radius 3 is 1.17 bits per heavy atom. The molecule has 0 bridgehead atoms. The number of phenolic OH excluding ortho intramolecular Hbond substituents is 2. The molecule has 230 valence electrons. The molecule has 0 fully saturated rings. The maximum absolute atomic E-state index is 14.3. The van der Waals surface area contributed by atoms with Crippen LogP contribution < -0.4 is 0 Å². The summed E-state index contributed by atoms with van der Waals surface area (Å²) >= 11 is 0. The summed E-state index contributed by atoms with van der Waals surface area (Å²) in [6, 6.07) is 7.70. The van der Waals surface area contributed by atoms with Gasteiger partial charge in [0.2, 0.25) is 0 Å². The highest BCUT2D eigenvalue weighted by molar-refractivity contribution is 5.88. The number of ether oxygens (including phenoxy) is 2. The molecule has 6 heteroatoms. The van der Waals surface area contributed by atoms with Gasteiger partial charge in [0, 0.05) is 0 Å². The van der Waals surface area contributed by atoms with E-state index >= 15 is 0 Å². The number of hydrogen-bond acceptors (Lipinski definition) is 6. The maximum Gasteiger partial charge on any atom is 0.320 e. The van der Waals surface area contributed by atoms with Crippen molar-refractivity contribution in [3.8, 4) is 11.5 Å². The summed E-state index contributed by atoms with van der Waals surface area (Å²) in [5.74, 6) is 0.0117. The second-order valence-electron chi connectivity index (χ2n) is 15.4. The number of rotatable bonds is 8. The Balaban J connectivity index is 3.03. The van der Waals surface area contributed by atoms with E-state index in [2.05, 4.69) is 0 Å². The molecular formula is C35H54O6. The molecule has 0 amide bonds. The lowest BCUT2D eigenvalue weighted by atomic mass is 9.68. The Bertz CT molecular complexity index is 1080. The monoisotopic (exact) mass is 570 g/mol.